The van der Waals surface area contributed by atoms with Crippen molar-refractivity contribution in [2.24, 2.45) is 5.92 Å². The molecule has 0 unspecified atom stereocenters. The van der Waals surface area contributed by atoms with Crippen molar-refractivity contribution in [2.75, 3.05) is 5.32 Å². The third kappa shape index (κ3) is 4.20. The summed E-state index contributed by atoms with van der Waals surface area (Å²) < 4.78 is 0. The van der Waals surface area contributed by atoms with Crippen LogP contribution in [0.5, 0.6) is 0 Å². The first kappa shape index (κ1) is 12.6. The molecule has 2 amide bonds. The monoisotopic (exact) mass is 245 g/mol. The summed E-state index contributed by atoms with van der Waals surface area (Å²) in [7, 11) is 0. The van der Waals surface area contributed by atoms with Gasteiger partial charge in [0.2, 0.25) is 0 Å². The smallest absolute Gasteiger partial charge is 0.315 e. The van der Waals surface area contributed by atoms with Crippen LogP contribution < -0.4 is 10.6 Å². The minimum absolute atomic E-state index is 0.227. The summed E-state index contributed by atoms with van der Waals surface area (Å²) in [6.45, 7) is 0. The molecule has 2 N–H and O–H groups in total. The summed E-state index contributed by atoms with van der Waals surface area (Å²) in [6.07, 6.45) is 13.6. The minimum atomic E-state index is -0.227. The molecular weight excluding hydrogens is 226 g/mol. The molecule has 1 aromatic rings. The van der Waals surface area contributed by atoms with E-state index in [9.17, 15) is 4.79 Å². The number of pyridine rings is 1. The Kier molecular flexibility index (Phi) is 4.76. The van der Waals surface area contributed by atoms with E-state index in [1.54, 1.807) is 30.7 Å². The Morgan fingerprint density at radius 1 is 1.33 bits per heavy atom. The van der Waals surface area contributed by atoms with E-state index in [0.717, 1.165) is 0 Å². The molecule has 1 fully saturated rings. The number of allylic oxidation sites excluding steroid dienone is 1. The Labute approximate surface area is 108 Å². The number of nitrogens with one attached hydrogen (secondary N) is 2. The quantitative estimate of drug-likeness (QED) is 0.858. The van der Waals surface area contributed by atoms with Gasteiger partial charge in [0.25, 0.3) is 0 Å². The Hall–Kier alpha value is -1.84. The molecule has 1 aliphatic carbocycles. The molecule has 1 aromatic heterocycles. The molecule has 1 heterocycles. The molecular formula is C14H19N3O. The normalized spacial score (nSPS) is 16.7. The van der Waals surface area contributed by atoms with Crippen LogP contribution in [0.15, 0.2) is 36.8 Å². The van der Waals surface area contributed by atoms with Crippen molar-refractivity contribution >= 4 is 11.7 Å². The van der Waals surface area contributed by atoms with Crippen molar-refractivity contribution in [3.05, 3.63) is 36.8 Å². The maximum atomic E-state index is 11.6. The van der Waals surface area contributed by atoms with Crippen molar-refractivity contribution in [1.82, 2.24) is 10.3 Å². The van der Waals surface area contributed by atoms with Crippen LogP contribution in [0.4, 0.5) is 10.5 Å². The van der Waals surface area contributed by atoms with Gasteiger partial charge in [-0.25, -0.2) is 4.79 Å². The van der Waals surface area contributed by atoms with Gasteiger partial charge in [0.05, 0.1) is 11.9 Å². The molecule has 1 aliphatic rings. The molecule has 0 bridgehead atoms. The van der Waals surface area contributed by atoms with Crippen LogP contribution >= 0.6 is 0 Å². The van der Waals surface area contributed by atoms with Gasteiger partial charge in [-0.15, -0.1) is 0 Å². The van der Waals surface area contributed by atoms with Crippen LogP contribution in [0, 0.1) is 5.92 Å². The molecule has 18 heavy (non-hydrogen) atoms. The number of urea groups is 1. The summed E-state index contributed by atoms with van der Waals surface area (Å²) in [5, 5.41) is 5.44. The molecule has 4 nitrogen and oxygen atoms in total. The maximum Gasteiger partial charge on any atom is 0.323 e. The highest BCUT2D eigenvalue weighted by molar-refractivity contribution is 5.89. The molecule has 0 spiro atoms. The van der Waals surface area contributed by atoms with Gasteiger partial charge in [-0.2, -0.15) is 0 Å². The number of aromatic nitrogens is 1. The number of carbonyl (C=O) groups is 1. The summed E-state index contributed by atoms with van der Waals surface area (Å²) in [6, 6.07) is 3.36. The number of carbonyl (C=O) groups excluding carboxylic acids is 1. The highest BCUT2D eigenvalue weighted by Crippen LogP contribution is 2.24. The number of amides is 2. The molecule has 4 heteroatoms. The molecule has 2 rings (SSSR count). The average Bonchev–Trinajstić information content (AvgIpc) is 2.41. The summed E-state index contributed by atoms with van der Waals surface area (Å²) >= 11 is 0. The van der Waals surface area contributed by atoms with E-state index in [0.29, 0.717) is 11.6 Å². The first-order valence-electron chi connectivity index (χ1n) is 6.49. The van der Waals surface area contributed by atoms with E-state index in [1.165, 1.54) is 32.1 Å². The molecule has 0 atom stereocenters. The zero-order valence-corrected chi connectivity index (χ0v) is 10.4. The lowest BCUT2D eigenvalue weighted by Crippen LogP contribution is -2.24. The Morgan fingerprint density at radius 3 is 2.89 bits per heavy atom. The fraction of sp³-hybridized carbons (Fsp3) is 0.429. The van der Waals surface area contributed by atoms with Gasteiger partial charge in [-0.05, 0) is 30.9 Å². The fourth-order valence-electron chi connectivity index (χ4n) is 2.19. The van der Waals surface area contributed by atoms with Gasteiger partial charge in [0.15, 0.2) is 0 Å². The van der Waals surface area contributed by atoms with E-state index >= 15 is 0 Å². The number of rotatable bonds is 3. The molecule has 1 saturated carbocycles. The van der Waals surface area contributed by atoms with Crippen molar-refractivity contribution in [2.45, 2.75) is 32.1 Å². The zero-order valence-electron chi connectivity index (χ0n) is 10.4. The third-order valence-electron chi connectivity index (χ3n) is 3.15. The fourth-order valence-corrected chi connectivity index (χ4v) is 2.19. The lowest BCUT2D eigenvalue weighted by molar-refractivity contribution is 0.255. The van der Waals surface area contributed by atoms with Crippen molar-refractivity contribution in [3.63, 3.8) is 0 Å². The number of anilines is 1. The SMILES string of the molecule is O=C(N/C=C/C1CCCCC1)Nc1cccnc1. The molecule has 0 aliphatic heterocycles. The van der Waals surface area contributed by atoms with E-state index < -0.39 is 0 Å². The van der Waals surface area contributed by atoms with Crippen molar-refractivity contribution < 1.29 is 4.79 Å². The van der Waals surface area contributed by atoms with Gasteiger partial charge in [-0.1, -0.05) is 25.3 Å². The van der Waals surface area contributed by atoms with Gasteiger partial charge >= 0.3 is 6.03 Å². The van der Waals surface area contributed by atoms with E-state index in [-0.39, 0.29) is 6.03 Å². The second kappa shape index (κ2) is 6.79. The van der Waals surface area contributed by atoms with E-state index in [1.807, 2.05) is 0 Å². The number of nitrogens with zero attached hydrogens (tertiary/aromatic N) is 1. The van der Waals surface area contributed by atoms with Crippen LogP contribution in [0.1, 0.15) is 32.1 Å². The van der Waals surface area contributed by atoms with Crippen LogP contribution in [-0.4, -0.2) is 11.0 Å². The zero-order chi connectivity index (χ0) is 12.6. The lowest BCUT2D eigenvalue weighted by atomic mass is 9.89. The van der Waals surface area contributed by atoms with Crippen molar-refractivity contribution in [3.8, 4) is 0 Å². The minimum Gasteiger partial charge on any atom is -0.315 e. The predicted octanol–water partition coefficient (Wildman–Crippen LogP) is 3.30. The van der Waals surface area contributed by atoms with E-state index in [2.05, 4.69) is 21.7 Å². The van der Waals surface area contributed by atoms with Crippen LogP contribution in [0.2, 0.25) is 0 Å². The largest absolute Gasteiger partial charge is 0.323 e. The van der Waals surface area contributed by atoms with Gasteiger partial charge in [0, 0.05) is 12.4 Å². The second-order valence-electron chi connectivity index (χ2n) is 4.60. The van der Waals surface area contributed by atoms with Gasteiger partial charge in [-0.3, -0.25) is 4.98 Å². The lowest BCUT2D eigenvalue weighted by Gasteiger charge is -2.17. The summed E-state index contributed by atoms with van der Waals surface area (Å²) in [5.74, 6) is 0.623. The van der Waals surface area contributed by atoms with Crippen LogP contribution in [0.3, 0.4) is 0 Å². The van der Waals surface area contributed by atoms with E-state index in [4.69, 9.17) is 0 Å². The maximum absolute atomic E-state index is 11.6. The molecule has 0 radical (unpaired) electrons. The Bertz CT molecular complexity index is 397. The summed E-state index contributed by atoms with van der Waals surface area (Å²) in [5.41, 5.74) is 0.695. The van der Waals surface area contributed by atoms with Gasteiger partial charge < -0.3 is 10.6 Å². The second-order valence-corrected chi connectivity index (χ2v) is 4.60. The standard InChI is InChI=1S/C14H19N3O/c18-14(17-13-7-4-9-15-11-13)16-10-8-12-5-2-1-3-6-12/h4,7-12H,1-3,5-6H2,(H2,16,17,18)/b10-8+. The van der Waals surface area contributed by atoms with Gasteiger partial charge in [0.1, 0.15) is 0 Å². The number of hydrogen-bond donors (Lipinski definition) is 2. The molecule has 96 valence electrons. The topological polar surface area (TPSA) is 54.0 Å². The predicted molar refractivity (Wildman–Crippen MR) is 72.1 cm³/mol. The number of hydrogen-bond acceptors (Lipinski definition) is 2. The molecule has 0 aromatic carbocycles. The highest BCUT2D eigenvalue weighted by Gasteiger charge is 2.09. The first-order chi connectivity index (χ1) is 8.84. The average molecular weight is 245 g/mol. The Morgan fingerprint density at radius 2 is 2.17 bits per heavy atom. The van der Waals surface area contributed by atoms with Crippen LogP contribution in [-0.2, 0) is 0 Å². The Balaban J connectivity index is 1.72. The van der Waals surface area contributed by atoms with Crippen LogP contribution in [0.25, 0.3) is 0 Å². The van der Waals surface area contributed by atoms with Crippen molar-refractivity contribution in [1.29, 1.82) is 0 Å². The molecule has 0 saturated heterocycles. The summed E-state index contributed by atoms with van der Waals surface area (Å²) in [4.78, 5) is 15.5. The first-order valence-corrected chi connectivity index (χ1v) is 6.49. The highest BCUT2D eigenvalue weighted by atomic mass is 16.2. The third-order valence-corrected chi connectivity index (χ3v) is 3.15.